The summed E-state index contributed by atoms with van der Waals surface area (Å²) in [6.07, 6.45) is 1.76. The lowest BCUT2D eigenvalue weighted by Crippen LogP contribution is -2.34. The van der Waals surface area contributed by atoms with Crippen molar-refractivity contribution in [2.24, 2.45) is 11.1 Å². The van der Waals surface area contributed by atoms with E-state index in [-0.39, 0.29) is 23.7 Å². The maximum Gasteiger partial charge on any atom is 0.227 e. The molecule has 1 amide bonds. The summed E-state index contributed by atoms with van der Waals surface area (Å²) in [5.41, 5.74) is 6.68. The van der Waals surface area contributed by atoms with Crippen molar-refractivity contribution in [1.29, 1.82) is 0 Å². The topological polar surface area (TPSA) is 94.5 Å². The average Bonchev–Trinajstić information content (AvgIpc) is 3.27. The van der Waals surface area contributed by atoms with E-state index in [2.05, 4.69) is 17.1 Å². The lowest BCUT2D eigenvalue weighted by molar-refractivity contribution is -0.130. The number of carbonyl (C=O) groups excluding carboxylic acids is 1. The minimum absolute atomic E-state index is 0. The SMILES string of the molecule is COc1ccc(-c2noc(CCC(=O)N3CCC(C)(CN)C3)n2)cc1.Cl. The van der Waals surface area contributed by atoms with Gasteiger partial charge in [-0.3, -0.25) is 4.79 Å². The van der Waals surface area contributed by atoms with E-state index in [1.54, 1.807) is 7.11 Å². The van der Waals surface area contributed by atoms with Crippen LogP contribution in [0.3, 0.4) is 0 Å². The van der Waals surface area contributed by atoms with E-state index in [0.29, 0.717) is 31.1 Å². The van der Waals surface area contributed by atoms with Crippen LogP contribution < -0.4 is 10.5 Å². The largest absolute Gasteiger partial charge is 0.497 e. The highest BCUT2D eigenvalue weighted by Crippen LogP contribution is 2.29. The zero-order valence-electron chi connectivity index (χ0n) is 15.1. The number of amides is 1. The van der Waals surface area contributed by atoms with Gasteiger partial charge in [0.25, 0.3) is 0 Å². The molecule has 7 nitrogen and oxygen atoms in total. The Morgan fingerprint density at radius 1 is 1.38 bits per heavy atom. The molecule has 1 aromatic heterocycles. The van der Waals surface area contributed by atoms with Crippen molar-refractivity contribution in [2.75, 3.05) is 26.7 Å². The Balaban J connectivity index is 0.00000243. The predicted molar refractivity (Wildman–Crippen MR) is 100 cm³/mol. The molecule has 142 valence electrons. The molecule has 1 fully saturated rings. The molecule has 0 bridgehead atoms. The second-order valence-electron chi connectivity index (χ2n) is 6.82. The first kappa shape index (κ1) is 20.2. The minimum Gasteiger partial charge on any atom is -0.497 e. The number of hydrogen-bond donors (Lipinski definition) is 1. The number of nitrogens with zero attached hydrogens (tertiary/aromatic N) is 3. The van der Waals surface area contributed by atoms with Crippen molar-refractivity contribution in [3.05, 3.63) is 30.2 Å². The van der Waals surface area contributed by atoms with E-state index < -0.39 is 0 Å². The van der Waals surface area contributed by atoms with Gasteiger partial charge < -0.3 is 19.9 Å². The van der Waals surface area contributed by atoms with E-state index in [1.165, 1.54) is 0 Å². The molecule has 0 radical (unpaired) electrons. The molecule has 0 saturated carbocycles. The fourth-order valence-electron chi connectivity index (χ4n) is 2.99. The van der Waals surface area contributed by atoms with Crippen LogP contribution in [-0.2, 0) is 11.2 Å². The molecule has 1 saturated heterocycles. The second kappa shape index (κ2) is 8.51. The summed E-state index contributed by atoms with van der Waals surface area (Å²) in [5, 5.41) is 3.99. The van der Waals surface area contributed by atoms with Gasteiger partial charge in [-0.1, -0.05) is 12.1 Å². The van der Waals surface area contributed by atoms with Gasteiger partial charge in [-0.2, -0.15) is 4.98 Å². The van der Waals surface area contributed by atoms with Gasteiger partial charge in [-0.15, -0.1) is 12.4 Å². The average molecular weight is 381 g/mol. The fourth-order valence-corrected chi connectivity index (χ4v) is 2.99. The number of likely N-dealkylation sites (tertiary alicyclic amines) is 1. The number of aryl methyl sites for hydroxylation is 1. The third kappa shape index (κ3) is 4.53. The molecule has 1 aliphatic rings. The van der Waals surface area contributed by atoms with Gasteiger partial charge in [0.15, 0.2) is 0 Å². The van der Waals surface area contributed by atoms with Gasteiger partial charge in [0.05, 0.1) is 7.11 Å². The third-order valence-corrected chi connectivity index (χ3v) is 4.77. The van der Waals surface area contributed by atoms with E-state index >= 15 is 0 Å². The summed E-state index contributed by atoms with van der Waals surface area (Å²) in [7, 11) is 1.62. The number of ether oxygens (including phenoxy) is 1. The number of nitrogens with two attached hydrogens (primary N) is 1. The van der Waals surface area contributed by atoms with E-state index in [4.69, 9.17) is 15.0 Å². The highest BCUT2D eigenvalue weighted by atomic mass is 35.5. The van der Waals surface area contributed by atoms with Gasteiger partial charge in [0.2, 0.25) is 17.6 Å². The van der Waals surface area contributed by atoms with Crippen molar-refractivity contribution in [3.8, 4) is 17.1 Å². The first-order valence-electron chi connectivity index (χ1n) is 8.48. The maximum absolute atomic E-state index is 12.4. The van der Waals surface area contributed by atoms with Crippen LogP contribution >= 0.6 is 12.4 Å². The van der Waals surface area contributed by atoms with Gasteiger partial charge >= 0.3 is 0 Å². The highest BCUT2D eigenvalue weighted by Gasteiger charge is 2.34. The Kier molecular flexibility index (Phi) is 6.61. The van der Waals surface area contributed by atoms with Crippen molar-refractivity contribution in [2.45, 2.75) is 26.2 Å². The van der Waals surface area contributed by atoms with Crippen LogP contribution in [0.15, 0.2) is 28.8 Å². The number of benzene rings is 1. The van der Waals surface area contributed by atoms with Gasteiger partial charge in [-0.05, 0) is 42.6 Å². The molecule has 1 atom stereocenters. The molecular formula is C18H25ClN4O3. The molecular weight excluding hydrogens is 356 g/mol. The third-order valence-electron chi connectivity index (χ3n) is 4.77. The number of methoxy groups -OCH3 is 1. The summed E-state index contributed by atoms with van der Waals surface area (Å²) in [6.45, 7) is 4.22. The second-order valence-corrected chi connectivity index (χ2v) is 6.82. The quantitative estimate of drug-likeness (QED) is 0.826. The predicted octanol–water partition coefficient (Wildman–Crippen LogP) is 2.30. The summed E-state index contributed by atoms with van der Waals surface area (Å²) >= 11 is 0. The lowest BCUT2D eigenvalue weighted by atomic mass is 9.90. The summed E-state index contributed by atoms with van der Waals surface area (Å²) in [6, 6.07) is 7.43. The Hall–Kier alpha value is -2.12. The molecule has 26 heavy (non-hydrogen) atoms. The van der Waals surface area contributed by atoms with Crippen LogP contribution in [-0.4, -0.2) is 47.7 Å². The molecule has 1 aliphatic heterocycles. The first-order chi connectivity index (χ1) is 12.0. The number of halogens is 1. The minimum atomic E-state index is 0. The molecule has 0 aliphatic carbocycles. The van der Waals surface area contributed by atoms with Crippen molar-refractivity contribution in [3.63, 3.8) is 0 Å². The summed E-state index contributed by atoms with van der Waals surface area (Å²) in [4.78, 5) is 18.6. The van der Waals surface area contributed by atoms with E-state index in [1.807, 2.05) is 29.2 Å². The fraction of sp³-hybridized carbons (Fsp3) is 0.500. The molecule has 1 unspecified atom stereocenters. The Bertz CT molecular complexity index is 734. The number of hydrogen-bond acceptors (Lipinski definition) is 6. The maximum atomic E-state index is 12.4. The van der Waals surface area contributed by atoms with Crippen LogP contribution in [0.2, 0.25) is 0 Å². The van der Waals surface area contributed by atoms with Crippen LogP contribution in [0.1, 0.15) is 25.7 Å². The van der Waals surface area contributed by atoms with Crippen molar-refractivity contribution in [1.82, 2.24) is 15.0 Å². The van der Waals surface area contributed by atoms with Crippen LogP contribution in [0.4, 0.5) is 0 Å². The Labute approximate surface area is 159 Å². The smallest absolute Gasteiger partial charge is 0.227 e. The molecule has 0 spiro atoms. The van der Waals surface area contributed by atoms with Crippen molar-refractivity contribution >= 4 is 18.3 Å². The summed E-state index contributed by atoms with van der Waals surface area (Å²) in [5.74, 6) is 1.87. The Morgan fingerprint density at radius 2 is 2.12 bits per heavy atom. The molecule has 1 aromatic carbocycles. The standard InChI is InChI=1S/C18H24N4O3.ClH/c1-18(11-19)9-10-22(12-18)16(23)8-7-15-20-17(21-25-15)13-3-5-14(24-2)6-4-13;/h3-6H,7-12,19H2,1-2H3;1H. The molecule has 2 heterocycles. The number of rotatable bonds is 6. The summed E-state index contributed by atoms with van der Waals surface area (Å²) < 4.78 is 10.4. The molecule has 2 N–H and O–H groups in total. The van der Waals surface area contributed by atoms with Crippen LogP contribution in [0.25, 0.3) is 11.4 Å². The first-order valence-corrected chi connectivity index (χ1v) is 8.48. The van der Waals surface area contributed by atoms with Gasteiger partial charge in [0.1, 0.15) is 5.75 Å². The molecule has 2 aromatic rings. The lowest BCUT2D eigenvalue weighted by Gasteiger charge is -2.22. The highest BCUT2D eigenvalue weighted by molar-refractivity contribution is 5.85. The zero-order chi connectivity index (χ0) is 17.9. The molecule has 3 rings (SSSR count). The molecule has 8 heteroatoms. The normalized spacial score (nSPS) is 19.3. The van der Waals surface area contributed by atoms with Crippen LogP contribution in [0, 0.1) is 5.41 Å². The monoisotopic (exact) mass is 380 g/mol. The zero-order valence-corrected chi connectivity index (χ0v) is 15.9. The van der Waals surface area contributed by atoms with Gasteiger partial charge in [-0.25, -0.2) is 0 Å². The van der Waals surface area contributed by atoms with Crippen molar-refractivity contribution < 1.29 is 14.1 Å². The number of carbonyl (C=O) groups is 1. The number of aromatic nitrogens is 2. The van der Waals surface area contributed by atoms with Gasteiger partial charge in [0, 0.05) is 31.5 Å². The van der Waals surface area contributed by atoms with Crippen LogP contribution in [0.5, 0.6) is 5.75 Å². The van der Waals surface area contributed by atoms with E-state index in [9.17, 15) is 4.79 Å². The Morgan fingerprint density at radius 3 is 2.73 bits per heavy atom. The van der Waals surface area contributed by atoms with E-state index in [0.717, 1.165) is 30.8 Å².